The summed E-state index contributed by atoms with van der Waals surface area (Å²) >= 11 is 7.31. The number of nitrogens with one attached hydrogen (secondary N) is 1. The second-order valence-electron chi connectivity index (χ2n) is 3.96. The van der Waals surface area contributed by atoms with Crippen molar-refractivity contribution in [3.8, 4) is 5.75 Å². The number of thioether (sulfide) groups is 1. The van der Waals surface area contributed by atoms with Crippen LogP contribution in [0.1, 0.15) is 17.4 Å². The van der Waals surface area contributed by atoms with Crippen molar-refractivity contribution < 1.29 is 9.53 Å². The monoisotopic (exact) mass is 323 g/mol. The largest absolute Gasteiger partial charge is 0.494 e. The molecular formula is C14H14ClN3O2S. The summed E-state index contributed by atoms with van der Waals surface area (Å²) in [6.45, 7) is 2.51. The molecule has 1 N–H and O–H groups in total. The maximum atomic E-state index is 12.2. The molecule has 1 aromatic carbocycles. The fourth-order valence-corrected chi connectivity index (χ4v) is 2.12. The Morgan fingerprint density at radius 3 is 2.71 bits per heavy atom. The fourth-order valence-electron chi connectivity index (χ4n) is 1.60. The molecule has 21 heavy (non-hydrogen) atoms. The Morgan fingerprint density at radius 2 is 2.10 bits per heavy atom. The minimum atomic E-state index is -0.373. The molecule has 0 saturated carbocycles. The van der Waals surface area contributed by atoms with Gasteiger partial charge in [-0.05, 0) is 37.4 Å². The maximum Gasteiger partial charge on any atom is 0.275 e. The molecule has 0 radical (unpaired) electrons. The number of carbonyl (C=O) groups is 1. The molecule has 2 rings (SSSR count). The first-order chi connectivity index (χ1) is 10.1. The molecule has 0 aliphatic carbocycles. The van der Waals surface area contributed by atoms with E-state index >= 15 is 0 Å². The Labute approximate surface area is 132 Å². The highest BCUT2D eigenvalue weighted by molar-refractivity contribution is 7.98. The van der Waals surface area contributed by atoms with Gasteiger partial charge >= 0.3 is 0 Å². The summed E-state index contributed by atoms with van der Waals surface area (Å²) in [7, 11) is 0. The molecule has 0 saturated heterocycles. The lowest BCUT2D eigenvalue weighted by Crippen LogP contribution is -2.15. The van der Waals surface area contributed by atoms with Crippen LogP contribution in [0, 0.1) is 0 Å². The van der Waals surface area contributed by atoms with Gasteiger partial charge in [0.25, 0.3) is 5.91 Å². The van der Waals surface area contributed by atoms with Crippen molar-refractivity contribution in [2.24, 2.45) is 0 Å². The molecule has 1 aromatic heterocycles. The minimum Gasteiger partial charge on any atom is -0.494 e. The van der Waals surface area contributed by atoms with Crippen molar-refractivity contribution in [2.75, 3.05) is 18.2 Å². The zero-order valence-electron chi connectivity index (χ0n) is 11.6. The van der Waals surface area contributed by atoms with Gasteiger partial charge in [0.05, 0.1) is 17.8 Å². The number of halogens is 1. The summed E-state index contributed by atoms with van der Waals surface area (Å²) in [5.41, 5.74) is 0.800. The van der Waals surface area contributed by atoms with Gasteiger partial charge in [-0.3, -0.25) is 4.79 Å². The first-order valence-corrected chi connectivity index (χ1v) is 7.85. The number of benzene rings is 1. The van der Waals surface area contributed by atoms with Gasteiger partial charge in [-0.15, -0.1) is 0 Å². The SMILES string of the molecule is CCOc1ccc(NC(=O)c2nc(SC)ncc2Cl)cc1. The summed E-state index contributed by atoms with van der Waals surface area (Å²) in [5, 5.41) is 3.46. The topological polar surface area (TPSA) is 64.1 Å². The molecule has 0 fully saturated rings. The first kappa shape index (κ1) is 15.6. The van der Waals surface area contributed by atoms with Crippen molar-refractivity contribution in [1.82, 2.24) is 9.97 Å². The van der Waals surface area contributed by atoms with Crippen LogP contribution >= 0.6 is 23.4 Å². The van der Waals surface area contributed by atoms with E-state index in [1.807, 2.05) is 13.2 Å². The number of amides is 1. The van der Waals surface area contributed by atoms with E-state index in [0.717, 1.165) is 5.75 Å². The van der Waals surface area contributed by atoms with Crippen LogP contribution in [0.15, 0.2) is 35.6 Å². The van der Waals surface area contributed by atoms with Crippen LogP contribution in [0.5, 0.6) is 5.75 Å². The predicted molar refractivity (Wildman–Crippen MR) is 84.4 cm³/mol. The van der Waals surface area contributed by atoms with Gasteiger partial charge in [-0.2, -0.15) is 0 Å². The van der Waals surface area contributed by atoms with Crippen LogP contribution in [0.4, 0.5) is 5.69 Å². The number of hydrogen-bond acceptors (Lipinski definition) is 5. The van der Waals surface area contributed by atoms with Gasteiger partial charge in [0, 0.05) is 5.69 Å². The molecule has 0 bridgehead atoms. The van der Waals surface area contributed by atoms with Crippen LogP contribution in [0.3, 0.4) is 0 Å². The fraction of sp³-hybridized carbons (Fsp3) is 0.214. The number of anilines is 1. The molecule has 0 atom stereocenters. The zero-order valence-corrected chi connectivity index (χ0v) is 13.2. The third-order valence-electron chi connectivity index (χ3n) is 2.54. The number of hydrogen-bond donors (Lipinski definition) is 1. The Balaban J connectivity index is 2.14. The van der Waals surface area contributed by atoms with Crippen molar-refractivity contribution in [3.63, 3.8) is 0 Å². The molecule has 0 aliphatic heterocycles. The standard InChI is InChI=1S/C14H14ClN3O2S/c1-3-20-10-6-4-9(5-7-10)17-13(19)12-11(15)8-16-14(18-12)21-2/h4-8H,3H2,1-2H3,(H,17,19). The Hall–Kier alpha value is -1.79. The summed E-state index contributed by atoms with van der Waals surface area (Å²) < 4.78 is 5.34. The predicted octanol–water partition coefficient (Wildman–Crippen LogP) is 3.50. The van der Waals surface area contributed by atoms with Crippen molar-refractivity contribution in [2.45, 2.75) is 12.1 Å². The Bertz CT molecular complexity index is 635. The van der Waals surface area contributed by atoms with E-state index in [1.54, 1.807) is 24.3 Å². The third kappa shape index (κ3) is 4.09. The smallest absolute Gasteiger partial charge is 0.275 e. The maximum absolute atomic E-state index is 12.2. The van der Waals surface area contributed by atoms with Crippen molar-refractivity contribution >= 4 is 35.0 Å². The van der Waals surface area contributed by atoms with Crippen LogP contribution in [0.2, 0.25) is 5.02 Å². The second-order valence-corrected chi connectivity index (χ2v) is 5.15. The van der Waals surface area contributed by atoms with Crippen LogP contribution in [-0.2, 0) is 0 Å². The summed E-state index contributed by atoms with van der Waals surface area (Å²) in [5.74, 6) is 0.377. The second kappa shape index (κ2) is 7.28. The third-order valence-corrected chi connectivity index (χ3v) is 3.38. The van der Waals surface area contributed by atoms with E-state index in [4.69, 9.17) is 16.3 Å². The van der Waals surface area contributed by atoms with E-state index in [-0.39, 0.29) is 16.6 Å². The first-order valence-electron chi connectivity index (χ1n) is 6.24. The quantitative estimate of drug-likeness (QED) is 0.674. The number of carbonyl (C=O) groups excluding carboxylic acids is 1. The molecule has 0 aliphatic rings. The molecule has 110 valence electrons. The molecule has 5 nitrogen and oxygen atoms in total. The van der Waals surface area contributed by atoms with Gasteiger partial charge < -0.3 is 10.1 Å². The molecule has 1 heterocycles. The van der Waals surface area contributed by atoms with Crippen molar-refractivity contribution in [3.05, 3.63) is 41.2 Å². The Morgan fingerprint density at radius 1 is 1.38 bits per heavy atom. The summed E-state index contributed by atoms with van der Waals surface area (Å²) in [4.78, 5) is 20.3. The van der Waals surface area contributed by atoms with E-state index in [9.17, 15) is 4.79 Å². The average Bonchev–Trinajstić information content (AvgIpc) is 2.50. The van der Waals surface area contributed by atoms with Gasteiger partial charge in [0.15, 0.2) is 10.9 Å². The molecule has 1 amide bonds. The van der Waals surface area contributed by atoms with Gasteiger partial charge in [0.1, 0.15) is 5.75 Å². The summed E-state index contributed by atoms with van der Waals surface area (Å²) in [6, 6.07) is 7.09. The highest BCUT2D eigenvalue weighted by atomic mass is 35.5. The van der Waals surface area contributed by atoms with Gasteiger partial charge in [0.2, 0.25) is 0 Å². The van der Waals surface area contributed by atoms with Crippen molar-refractivity contribution in [1.29, 1.82) is 0 Å². The van der Waals surface area contributed by atoms with Crippen LogP contribution < -0.4 is 10.1 Å². The van der Waals surface area contributed by atoms with Crippen LogP contribution in [-0.4, -0.2) is 28.7 Å². The lowest BCUT2D eigenvalue weighted by atomic mass is 10.3. The number of ether oxygens (including phenoxy) is 1. The lowest BCUT2D eigenvalue weighted by molar-refractivity contribution is 0.102. The summed E-state index contributed by atoms with van der Waals surface area (Å²) in [6.07, 6.45) is 3.25. The van der Waals surface area contributed by atoms with Gasteiger partial charge in [-0.1, -0.05) is 23.4 Å². The average molecular weight is 324 g/mol. The lowest BCUT2D eigenvalue weighted by Gasteiger charge is -2.08. The molecule has 7 heteroatoms. The normalized spacial score (nSPS) is 10.2. The number of nitrogens with zero attached hydrogens (tertiary/aromatic N) is 2. The number of rotatable bonds is 5. The molecule has 0 unspecified atom stereocenters. The highest BCUT2D eigenvalue weighted by Crippen LogP contribution is 2.19. The molecular weight excluding hydrogens is 310 g/mol. The van der Waals surface area contributed by atoms with Gasteiger partial charge in [-0.25, -0.2) is 9.97 Å². The highest BCUT2D eigenvalue weighted by Gasteiger charge is 2.14. The van der Waals surface area contributed by atoms with E-state index in [2.05, 4.69) is 15.3 Å². The molecule has 0 spiro atoms. The van der Waals surface area contributed by atoms with Crippen LogP contribution in [0.25, 0.3) is 0 Å². The minimum absolute atomic E-state index is 0.157. The Kier molecular flexibility index (Phi) is 5.41. The van der Waals surface area contributed by atoms with E-state index in [1.165, 1.54) is 18.0 Å². The zero-order chi connectivity index (χ0) is 15.2. The number of aromatic nitrogens is 2. The van der Waals surface area contributed by atoms with E-state index < -0.39 is 0 Å². The van der Waals surface area contributed by atoms with E-state index in [0.29, 0.717) is 17.5 Å². The molecule has 2 aromatic rings.